The van der Waals surface area contributed by atoms with Crippen LogP contribution in [0.3, 0.4) is 0 Å². The number of carbonyl (C=O) groups is 1. The first kappa shape index (κ1) is 13.4. The van der Waals surface area contributed by atoms with E-state index in [-0.39, 0.29) is 12.3 Å². The number of nitrogens with one attached hydrogen (secondary N) is 1. The molecule has 0 radical (unpaired) electrons. The zero-order valence-corrected chi connectivity index (χ0v) is 10.9. The van der Waals surface area contributed by atoms with Gasteiger partial charge in [-0.2, -0.15) is 0 Å². The van der Waals surface area contributed by atoms with Gasteiger partial charge in [-0.15, -0.1) is 0 Å². The lowest BCUT2D eigenvalue weighted by Crippen LogP contribution is -2.15. The van der Waals surface area contributed by atoms with Gasteiger partial charge < -0.3 is 10.1 Å². The van der Waals surface area contributed by atoms with Gasteiger partial charge in [-0.05, 0) is 24.3 Å². The summed E-state index contributed by atoms with van der Waals surface area (Å²) >= 11 is 5.73. The number of ether oxygens (including phenoxy) is 1. The molecule has 1 N–H and O–H groups in total. The fraction of sp³-hybridized carbons (Fsp3) is 0.143. The highest BCUT2D eigenvalue weighted by Crippen LogP contribution is 2.12. The number of amides is 1. The fourth-order valence-corrected chi connectivity index (χ4v) is 1.66. The Morgan fingerprint density at radius 2 is 2.05 bits per heavy atom. The van der Waals surface area contributed by atoms with Crippen LogP contribution in [0, 0.1) is 0 Å². The van der Waals surface area contributed by atoms with Crippen LogP contribution in [0.4, 0.5) is 5.69 Å². The van der Waals surface area contributed by atoms with Crippen molar-refractivity contribution in [1.82, 2.24) is 4.98 Å². The number of benzene rings is 1. The summed E-state index contributed by atoms with van der Waals surface area (Å²) in [6.45, 7) is 0.328. The van der Waals surface area contributed by atoms with Gasteiger partial charge in [0.15, 0.2) is 0 Å². The van der Waals surface area contributed by atoms with Crippen molar-refractivity contribution in [2.75, 3.05) is 11.9 Å². The molecule has 1 aromatic carbocycles. The molecule has 1 heterocycles. The number of para-hydroxylation sites is 1. The van der Waals surface area contributed by atoms with Crippen LogP contribution in [0.5, 0.6) is 5.75 Å². The molecule has 0 atom stereocenters. The summed E-state index contributed by atoms with van der Waals surface area (Å²) in [5.74, 6) is 0.625. The number of hydrogen-bond donors (Lipinski definition) is 1. The summed E-state index contributed by atoms with van der Waals surface area (Å²) in [4.78, 5) is 15.5. The summed E-state index contributed by atoms with van der Waals surface area (Å²) in [6, 6.07) is 12.6. The molecule has 98 valence electrons. The van der Waals surface area contributed by atoms with Crippen molar-refractivity contribution in [3.63, 3.8) is 0 Å². The molecular formula is C14H13ClN2O2. The molecule has 0 unspecified atom stereocenters. The standard InChI is InChI=1S/C14H13ClN2O2/c15-13-10-11(6-8-16-13)17-14(18)7-9-19-12-4-2-1-3-5-12/h1-6,8,10H,7,9H2,(H,16,17,18). The third-order valence-electron chi connectivity index (χ3n) is 2.35. The van der Waals surface area contributed by atoms with Crippen LogP contribution in [0.2, 0.25) is 5.15 Å². The maximum atomic E-state index is 11.7. The highest BCUT2D eigenvalue weighted by atomic mass is 35.5. The Labute approximate surface area is 116 Å². The number of anilines is 1. The lowest BCUT2D eigenvalue weighted by molar-refractivity contribution is -0.116. The number of pyridine rings is 1. The highest BCUT2D eigenvalue weighted by molar-refractivity contribution is 6.29. The van der Waals surface area contributed by atoms with E-state index in [0.29, 0.717) is 17.4 Å². The van der Waals surface area contributed by atoms with Crippen molar-refractivity contribution in [3.8, 4) is 5.75 Å². The summed E-state index contributed by atoms with van der Waals surface area (Å²) < 4.78 is 5.44. The second kappa shape index (κ2) is 6.75. The number of halogens is 1. The minimum atomic E-state index is -0.127. The Hall–Kier alpha value is -2.07. The third kappa shape index (κ3) is 4.60. The second-order valence-electron chi connectivity index (χ2n) is 3.83. The molecule has 19 heavy (non-hydrogen) atoms. The molecule has 0 saturated heterocycles. The molecule has 5 heteroatoms. The maximum Gasteiger partial charge on any atom is 0.227 e. The van der Waals surface area contributed by atoms with Gasteiger partial charge in [-0.3, -0.25) is 4.79 Å². The van der Waals surface area contributed by atoms with Crippen LogP contribution >= 0.6 is 11.6 Å². The number of hydrogen-bond acceptors (Lipinski definition) is 3. The van der Waals surface area contributed by atoms with E-state index in [2.05, 4.69) is 10.3 Å². The van der Waals surface area contributed by atoms with E-state index >= 15 is 0 Å². The average Bonchev–Trinajstić information content (AvgIpc) is 2.40. The number of carbonyl (C=O) groups excluding carboxylic acids is 1. The first-order chi connectivity index (χ1) is 9.24. The molecule has 1 aromatic heterocycles. The van der Waals surface area contributed by atoms with E-state index in [0.717, 1.165) is 5.75 Å². The molecule has 0 aliphatic rings. The molecule has 0 fully saturated rings. The number of rotatable bonds is 5. The Morgan fingerprint density at radius 1 is 1.26 bits per heavy atom. The fourth-order valence-electron chi connectivity index (χ4n) is 1.48. The van der Waals surface area contributed by atoms with E-state index in [1.165, 1.54) is 0 Å². The van der Waals surface area contributed by atoms with Crippen LogP contribution in [0.1, 0.15) is 6.42 Å². The normalized spacial score (nSPS) is 9.95. The van der Waals surface area contributed by atoms with Crippen molar-refractivity contribution in [1.29, 1.82) is 0 Å². The quantitative estimate of drug-likeness (QED) is 0.854. The van der Waals surface area contributed by atoms with Gasteiger partial charge in [0.05, 0.1) is 13.0 Å². The van der Waals surface area contributed by atoms with Gasteiger partial charge in [0.1, 0.15) is 10.9 Å². The predicted molar refractivity (Wildman–Crippen MR) is 74.4 cm³/mol. The highest BCUT2D eigenvalue weighted by Gasteiger charge is 2.03. The SMILES string of the molecule is O=C(CCOc1ccccc1)Nc1ccnc(Cl)c1. The predicted octanol–water partition coefficient (Wildman–Crippen LogP) is 3.14. The molecule has 0 spiro atoms. The summed E-state index contributed by atoms with van der Waals surface area (Å²) in [5.41, 5.74) is 0.629. The first-order valence-electron chi connectivity index (χ1n) is 5.83. The van der Waals surface area contributed by atoms with Crippen LogP contribution in [-0.4, -0.2) is 17.5 Å². The lowest BCUT2D eigenvalue weighted by Gasteiger charge is -2.07. The van der Waals surface area contributed by atoms with E-state index in [1.54, 1.807) is 18.3 Å². The second-order valence-corrected chi connectivity index (χ2v) is 4.21. The van der Waals surface area contributed by atoms with E-state index < -0.39 is 0 Å². The molecule has 1 amide bonds. The molecule has 4 nitrogen and oxygen atoms in total. The van der Waals surface area contributed by atoms with Gasteiger partial charge in [0, 0.05) is 11.9 Å². The maximum absolute atomic E-state index is 11.7. The largest absolute Gasteiger partial charge is 0.493 e. The van der Waals surface area contributed by atoms with Crippen LogP contribution in [0.25, 0.3) is 0 Å². The Bertz CT molecular complexity index is 546. The molecule has 0 saturated carbocycles. The van der Waals surface area contributed by atoms with Gasteiger partial charge in [-0.25, -0.2) is 4.98 Å². The van der Waals surface area contributed by atoms with Crippen molar-refractivity contribution >= 4 is 23.2 Å². The summed E-state index contributed by atoms with van der Waals surface area (Å²) in [5, 5.41) is 3.07. The van der Waals surface area contributed by atoms with E-state index in [1.807, 2.05) is 30.3 Å². The Kier molecular flexibility index (Phi) is 4.75. The van der Waals surface area contributed by atoms with Crippen LogP contribution < -0.4 is 10.1 Å². The smallest absolute Gasteiger partial charge is 0.227 e. The topological polar surface area (TPSA) is 51.2 Å². The summed E-state index contributed by atoms with van der Waals surface area (Å²) in [7, 11) is 0. The minimum absolute atomic E-state index is 0.127. The van der Waals surface area contributed by atoms with Crippen molar-refractivity contribution in [3.05, 3.63) is 53.8 Å². The van der Waals surface area contributed by atoms with Gasteiger partial charge >= 0.3 is 0 Å². The monoisotopic (exact) mass is 276 g/mol. The van der Waals surface area contributed by atoms with Gasteiger partial charge in [0.2, 0.25) is 5.91 Å². The molecule has 0 aliphatic carbocycles. The number of aromatic nitrogens is 1. The van der Waals surface area contributed by atoms with E-state index in [4.69, 9.17) is 16.3 Å². The minimum Gasteiger partial charge on any atom is -0.493 e. The molecule has 2 aromatic rings. The first-order valence-corrected chi connectivity index (χ1v) is 6.21. The molecular weight excluding hydrogens is 264 g/mol. The lowest BCUT2D eigenvalue weighted by atomic mass is 10.3. The van der Waals surface area contributed by atoms with Crippen molar-refractivity contribution < 1.29 is 9.53 Å². The van der Waals surface area contributed by atoms with Gasteiger partial charge in [0.25, 0.3) is 0 Å². The van der Waals surface area contributed by atoms with Crippen LogP contribution in [-0.2, 0) is 4.79 Å². The van der Waals surface area contributed by atoms with E-state index in [9.17, 15) is 4.79 Å². The summed E-state index contributed by atoms with van der Waals surface area (Å²) in [6.07, 6.45) is 1.81. The Balaban J connectivity index is 1.76. The number of nitrogens with zero attached hydrogens (tertiary/aromatic N) is 1. The zero-order chi connectivity index (χ0) is 13.5. The van der Waals surface area contributed by atoms with Crippen molar-refractivity contribution in [2.24, 2.45) is 0 Å². The molecule has 0 bridgehead atoms. The van der Waals surface area contributed by atoms with Gasteiger partial charge in [-0.1, -0.05) is 29.8 Å². The third-order valence-corrected chi connectivity index (χ3v) is 2.56. The molecule has 0 aliphatic heterocycles. The van der Waals surface area contributed by atoms with Crippen LogP contribution in [0.15, 0.2) is 48.7 Å². The Morgan fingerprint density at radius 3 is 2.79 bits per heavy atom. The molecule has 2 rings (SSSR count). The van der Waals surface area contributed by atoms with Crippen molar-refractivity contribution in [2.45, 2.75) is 6.42 Å². The average molecular weight is 277 g/mol. The zero-order valence-electron chi connectivity index (χ0n) is 10.2.